The number of nitrogens with zero attached hydrogens (tertiary/aromatic N) is 1. The maximum Gasteiger partial charge on any atom is 0.410 e. The van der Waals surface area contributed by atoms with Gasteiger partial charge in [0.05, 0.1) is 10.3 Å². The maximum atomic E-state index is 13.6. The summed E-state index contributed by atoms with van der Waals surface area (Å²) in [5.41, 5.74) is 1.86. The van der Waals surface area contributed by atoms with Crippen molar-refractivity contribution in [3.8, 4) is 0 Å². The largest absolute Gasteiger partial charge is 0.445 e. The molecule has 0 aliphatic carbocycles. The summed E-state index contributed by atoms with van der Waals surface area (Å²) in [6.07, 6.45) is 1.72. The Morgan fingerprint density at radius 3 is 2.03 bits per heavy atom. The number of hydrogen-bond acceptors (Lipinski definition) is 5. The number of sulfone groups is 1. The number of hydrogen-bond donors (Lipinski definition) is 1. The van der Waals surface area contributed by atoms with Crippen molar-refractivity contribution in [1.82, 2.24) is 10.2 Å². The third kappa shape index (κ3) is 5.94. The Bertz CT molecular complexity index is 1280. The Labute approximate surface area is 212 Å². The molecule has 36 heavy (non-hydrogen) atoms. The van der Waals surface area contributed by atoms with Gasteiger partial charge >= 0.3 is 6.09 Å². The third-order valence-electron chi connectivity index (χ3n) is 6.65. The van der Waals surface area contributed by atoms with Gasteiger partial charge in [-0.25, -0.2) is 13.2 Å². The van der Waals surface area contributed by atoms with Crippen LogP contribution in [0.1, 0.15) is 29.5 Å². The van der Waals surface area contributed by atoms with Crippen molar-refractivity contribution in [3.63, 3.8) is 0 Å². The molecule has 2 amide bonds. The fourth-order valence-electron chi connectivity index (χ4n) is 4.49. The summed E-state index contributed by atoms with van der Waals surface area (Å²) >= 11 is 0. The van der Waals surface area contributed by atoms with Crippen LogP contribution in [0.4, 0.5) is 4.79 Å². The van der Waals surface area contributed by atoms with Gasteiger partial charge in [0.15, 0.2) is 9.84 Å². The first-order valence-corrected chi connectivity index (χ1v) is 13.8. The molecular weight excluding hydrogens is 476 g/mol. The highest BCUT2D eigenvalue weighted by atomic mass is 32.2. The summed E-state index contributed by atoms with van der Waals surface area (Å²) in [5, 5.41) is 3.03. The van der Waals surface area contributed by atoms with Crippen LogP contribution in [0.15, 0.2) is 89.8 Å². The van der Waals surface area contributed by atoms with E-state index in [9.17, 15) is 18.0 Å². The number of piperidine rings is 1. The summed E-state index contributed by atoms with van der Waals surface area (Å²) in [5.74, 6) is -0.113. The first-order chi connectivity index (χ1) is 17.3. The lowest BCUT2D eigenvalue weighted by molar-refractivity contribution is -0.128. The van der Waals surface area contributed by atoms with Crippen molar-refractivity contribution in [2.24, 2.45) is 0 Å². The molecule has 1 N–H and O–H groups in total. The molecule has 0 aromatic heterocycles. The molecule has 8 heteroatoms. The Kier molecular flexibility index (Phi) is 7.74. The minimum atomic E-state index is -3.28. The van der Waals surface area contributed by atoms with Gasteiger partial charge < -0.3 is 15.0 Å². The highest BCUT2D eigenvalue weighted by Gasteiger charge is 2.43. The normalized spacial score (nSPS) is 15.2. The molecule has 0 saturated carbocycles. The summed E-state index contributed by atoms with van der Waals surface area (Å²) < 4.78 is 28.9. The van der Waals surface area contributed by atoms with E-state index in [2.05, 4.69) is 5.32 Å². The second-order valence-corrected chi connectivity index (χ2v) is 11.1. The van der Waals surface area contributed by atoms with Crippen LogP contribution in [0, 0.1) is 0 Å². The van der Waals surface area contributed by atoms with E-state index >= 15 is 0 Å². The molecule has 7 nitrogen and oxygen atoms in total. The molecule has 1 saturated heterocycles. The van der Waals surface area contributed by atoms with Crippen molar-refractivity contribution in [2.75, 3.05) is 19.3 Å². The molecule has 0 atom stereocenters. The van der Waals surface area contributed by atoms with Gasteiger partial charge in [0.2, 0.25) is 5.91 Å². The summed E-state index contributed by atoms with van der Waals surface area (Å²) in [6, 6.07) is 25.7. The predicted molar refractivity (Wildman–Crippen MR) is 137 cm³/mol. The fourth-order valence-corrected chi connectivity index (χ4v) is 5.12. The van der Waals surface area contributed by atoms with Crippen LogP contribution in [0.3, 0.4) is 0 Å². The zero-order valence-corrected chi connectivity index (χ0v) is 21.0. The lowest BCUT2D eigenvalue weighted by Crippen LogP contribution is -2.52. The summed E-state index contributed by atoms with van der Waals surface area (Å²) in [6.45, 7) is 1.29. The Hall–Kier alpha value is -3.65. The molecule has 1 aliphatic heterocycles. The van der Waals surface area contributed by atoms with Gasteiger partial charge in [0.25, 0.3) is 0 Å². The number of rotatable bonds is 7. The van der Waals surface area contributed by atoms with Crippen molar-refractivity contribution >= 4 is 21.8 Å². The van der Waals surface area contributed by atoms with Crippen LogP contribution in [0.2, 0.25) is 0 Å². The van der Waals surface area contributed by atoms with Crippen LogP contribution in [-0.2, 0) is 37.9 Å². The molecule has 4 rings (SSSR count). The Morgan fingerprint density at radius 2 is 1.44 bits per heavy atom. The van der Waals surface area contributed by atoms with E-state index in [4.69, 9.17) is 4.74 Å². The Morgan fingerprint density at radius 1 is 0.861 bits per heavy atom. The zero-order valence-electron chi connectivity index (χ0n) is 20.2. The number of nitrogens with one attached hydrogen (secondary N) is 1. The Balaban J connectivity index is 1.42. The van der Waals surface area contributed by atoms with Crippen molar-refractivity contribution in [2.45, 2.75) is 36.3 Å². The minimum Gasteiger partial charge on any atom is -0.445 e. The highest BCUT2D eigenvalue weighted by molar-refractivity contribution is 7.90. The molecule has 1 heterocycles. The SMILES string of the molecule is CS(=O)(=O)c1ccc(CNC(=O)C2(c3ccccc3)CCN(C(=O)OCc3ccccc3)CC2)cc1. The van der Waals surface area contributed by atoms with Gasteiger partial charge in [-0.05, 0) is 41.7 Å². The smallest absolute Gasteiger partial charge is 0.410 e. The van der Waals surface area contributed by atoms with Gasteiger partial charge in [-0.3, -0.25) is 4.79 Å². The minimum absolute atomic E-state index is 0.113. The topological polar surface area (TPSA) is 92.8 Å². The van der Waals surface area contributed by atoms with E-state index in [0.29, 0.717) is 25.9 Å². The van der Waals surface area contributed by atoms with Crippen LogP contribution in [0.25, 0.3) is 0 Å². The van der Waals surface area contributed by atoms with Crippen molar-refractivity contribution in [1.29, 1.82) is 0 Å². The van der Waals surface area contributed by atoms with Crippen LogP contribution >= 0.6 is 0 Å². The fraction of sp³-hybridized carbons (Fsp3) is 0.286. The molecule has 0 bridgehead atoms. The van der Waals surface area contributed by atoms with Crippen LogP contribution < -0.4 is 5.32 Å². The van der Waals surface area contributed by atoms with Gasteiger partial charge in [-0.1, -0.05) is 72.8 Å². The average Bonchev–Trinajstić information content (AvgIpc) is 2.91. The standard InChI is InChI=1S/C28H30N2O5S/c1-36(33,34)25-14-12-22(13-15-25)20-29-26(31)28(24-10-6-3-7-11-24)16-18-30(19-17-28)27(32)35-21-23-8-4-2-5-9-23/h2-15H,16-21H2,1H3,(H,29,31). The lowest BCUT2D eigenvalue weighted by atomic mass is 9.72. The number of ether oxygens (including phenoxy) is 1. The molecule has 0 spiro atoms. The molecular formula is C28H30N2O5S. The molecule has 1 fully saturated rings. The lowest BCUT2D eigenvalue weighted by Gasteiger charge is -2.40. The number of benzene rings is 3. The molecule has 188 valence electrons. The molecule has 3 aromatic carbocycles. The zero-order chi connectivity index (χ0) is 25.6. The monoisotopic (exact) mass is 506 g/mol. The average molecular weight is 507 g/mol. The van der Waals surface area contributed by atoms with Crippen LogP contribution in [0.5, 0.6) is 0 Å². The number of carbonyl (C=O) groups excluding carboxylic acids is 2. The van der Waals surface area contributed by atoms with E-state index < -0.39 is 15.3 Å². The van der Waals surface area contributed by atoms with Crippen molar-refractivity contribution in [3.05, 3.63) is 102 Å². The molecule has 3 aromatic rings. The van der Waals surface area contributed by atoms with E-state index in [1.165, 1.54) is 0 Å². The summed E-state index contributed by atoms with van der Waals surface area (Å²) in [4.78, 5) is 28.1. The maximum absolute atomic E-state index is 13.6. The summed E-state index contributed by atoms with van der Waals surface area (Å²) in [7, 11) is -3.28. The van der Waals surface area contributed by atoms with E-state index in [1.807, 2.05) is 60.7 Å². The number of carbonyl (C=O) groups is 2. The van der Waals surface area contributed by atoms with Gasteiger partial charge in [0, 0.05) is 25.9 Å². The van der Waals surface area contributed by atoms with E-state index in [1.54, 1.807) is 29.2 Å². The molecule has 0 unspecified atom stereocenters. The first kappa shape index (κ1) is 25.4. The second-order valence-electron chi connectivity index (χ2n) is 9.07. The van der Waals surface area contributed by atoms with Crippen LogP contribution in [-0.4, -0.2) is 44.7 Å². The first-order valence-electron chi connectivity index (χ1n) is 11.9. The number of amides is 2. The highest BCUT2D eigenvalue weighted by Crippen LogP contribution is 2.36. The van der Waals surface area contributed by atoms with E-state index in [0.717, 1.165) is 22.9 Å². The molecule has 1 aliphatic rings. The second kappa shape index (κ2) is 11.0. The van der Waals surface area contributed by atoms with E-state index in [-0.39, 0.29) is 30.0 Å². The van der Waals surface area contributed by atoms with Gasteiger partial charge in [0.1, 0.15) is 6.61 Å². The number of likely N-dealkylation sites (tertiary alicyclic amines) is 1. The van der Waals surface area contributed by atoms with Gasteiger partial charge in [-0.2, -0.15) is 0 Å². The van der Waals surface area contributed by atoms with Gasteiger partial charge in [-0.15, -0.1) is 0 Å². The van der Waals surface area contributed by atoms with Crippen molar-refractivity contribution < 1.29 is 22.7 Å². The molecule has 0 radical (unpaired) electrons. The quantitative estimate of drug-likeness (QED) is 0.521. The predicted octanol–water partition coefficient (Wildman–Crippen LogP) is 4.08. The third-order valence-corrected chi connectivity index (χ3v) is 7.77.